The van der Waals surface area contributed by atoms with Crippen molar-refractivity contribution in [1.82, 2.24) is 10.2 Å². The molecule has 0 saturated carbocycles. The second-order valence-corrected chi connectivity index (χ2v) is 5.75. The first-order valence-electron chi connectivity index (χ1n) is 7.46. The number of urea groups is 1. The van der Waals surface area contributed by atoms with Crippen LogP contribution < -0.4 is 5.32 Å². The highest BCUT2D eigenvalue weighted by molar-refractivity contribution is 5.74. The highest BCUT2D eigenvalue weighted by Crippen LogP contribution is 2.23. The zero-order valence-electron chi connectivity index (χ0n) is 12.0. The van der Waals surface area contributed by atoms with Gasteiger partial charge in [-0.1, -0.05) is 6.92 Å². The summed E-state index contributed by atoms with van der Waals surface area (Å²) >= 11 is 0. The molecule has 2 rings (SSSR count). The zero-order chi connectivity index (χ0) is 14.5. The summed E-state index contributed by atoms with van der Waals surface area (Å²) in [6.45, 7) is 4.74. The lowest BCUT2D eigenvalue weighted by Gasteiger charge is -2.21. The van der Waals surface area contributed by atoms with Crippen LogP contribution in [0, 0.1) is 11.8 Å². The van der Waals surface area contributed by atoms with Crippen LogP contribution in [0.15, 0.2) is 0 Å². The van der Waals surface area contributed by atoms with Crippen molar-refractivity contribution < 1.29 is 19.4 Å². The molecule has 0 spiro atoms. The quantitative estimate of drug-likeness (QED) is 0.798. The van der Waals surface area contributed by atoms with Gasteiger partial charge in [-0.2, -0.15) is 0 Å². The molecule has 20 heavy (non-hydrogen) atoms. The van der Waals surface area contributed by atoms with Gasteiger partial charge in [-0.15, -0.1) is 0 Å². The smallest absolute Gasteiger partial charge is 0.317 e. The summed E-state index contributed by atoms with van der Waals surface area (Å²) in [6, 6.07) is -0.0698. The number of carbonyl (C=O) groups is 2. The normalized spacial score (nSPS) is 29.6. The number of rotatable bonds is 5. The van der Waals surface area contributed by atoms with Crippen molar-refractivity contribution in [1.29, 1.82) is 0 Å². The van der Waals surface area contributed by atoms with Gasteiger partial charge >= 0.3 is 12.0 Å². The lowest BCUT2D eigenvalue weighted by Crippen LogP contribution is -2.41. The first-order valence-corrected chi connectivity index (χ1v) is 7.46. The van der Waals surface area contributed by atoms with Crippen molar-refractivity contribution in [3.05, 3.63) is 0 Å². The molecule has 0 aromatic heterocycles. The average molecular weight is 284 g/mol. The minimum absolute atomic E-state index is 0.0698. The van der Waals surface area contributed by atoms with E-state index < -0.39 is 5.97 Å². The van der Waals surface area contributed by atoms with Crippen molar-refractivity contribution in [2.45, 2.75) is 38.7 Å². The Kier molecular flexibility index (Phi) is 5.23. The maximum atomic E-state index is 12.1. The number of hydrogen-bond acceptors (Lipinski definition) is 3. The van der Waals surface area contributed by atoms with E-state index in [1.807, 2.05) is 0 Å². The van der Waals surface area contributed by atoms with Crippen molar-refractivity contribution >= 4 is 12.0 Å². The van der Waals surface area contributed by atoms with Crippen LogP contribution in [0.2, 0.25) is 0 Å². The lowest BCUT2D eigenvalue weighted by atomic mass is 10.00. The van der Waals surface area contributed by atoms with E-state index in [2.05, 4.69) is 12.2 Å². The van der Waals surface area contributed by atoms with Crippen LogP contribution in [0.3, 0.4) is 0 Å². The molecular formula is C14H24N2O4. The second kappa shape index (κ2) is 6.92. The van der Waals surface area contributed by atoms with Crippen LogP contribution in [0.25, 0.3) is 0 Å². The van der Waals surface area contributed by atoms with Gasteiger partial charge in [-0.3, -0.25) is 4.79 Å². The van der Waals surface area contributed by atoms with E-state index in [1.165, 1.54) is 0 Å². The highest BCUT2D eigenvalue weighted by Gasteiger charge is 2.30. The zero-order valence-corrected chi connectivity index (χ0v) is 12.0. The van der Waals surface area contributed by atoms with Crippen molar-refractivity contribution in [3.8, 4) is 0 Å². The predicted molar refractivity (Wildman–Crippen MR) is 73.5 cm³/mol. The van der Waals surface area contributed by atoms with E-state index in [0.29, 0.717) is 25.6 Å². The third-order valence-electron chi connectivity index (χ3n) is 4.30. The Morgan fingerprint density at radius 3 is 2.90 bits per heavy atom. The fraction of sp³-hybridized carbons (Fsp3) is 0.857. The molecule has 3 unspecified atom stereocenters. The van der Waals surface area contributed by atoms with E-state index in [4.69, 9.17) is 9.84 Å². The fourth-order valence-electron chi connectivity index (χ4n) is 3.14. The van der Waals surface area contributed by atoms with E-state index in [-0.39, 0.29) is 24.5 Å². The van der Waals surface area contributed by atoms with E-state index in [0.717, 1.165) is 25.9 Å². The Balaban J connectivity index is 1.71. The Hall–Kier alpha value is -1.30. The van der Waals surface area contributed by atoms with E-state index >= 15 is 0 Å². The number of hydrogen-bond donors (Lipinski definition) is 2. The third kappa shape index (κ3) is 3.85. The predicted octanol–water partition coefficient (Wildman–Crippen LogP) is 1.31. The van der Waals surface area contributed by atoms with Gasteiger partial charge in [-0.25, -0.2) is 4.79 Å². The molecule has 2 N–H and O–H groups in total. The van der Waals surface area contributed by atoms with Gasteiger partial charge in [0.1, 0.15) is 0 Å². The van der Waals surface area contributed by atoms with Gasteiger partial charge in [0, 0.05) is 38.6 Å². The number of carbonyl (C=O) groups excluding carboxylic acids is 1. The maximum absolute atomic E-state index is 12.1. The van der Waals surface area contributed by atoms with Crippen molar-refractivity contribution in [2.24, 2.45) is 11.8 Å². The molecule has 2 aliphatic heterocycles. The SMILES string of the molecule is CCC1OCCC1CNC(=O)N1CCC(CC(=O)O)C1. The molecule has 3 atom stereocenters. The molecule has 0 aliphatic carbocycles. The summed E-state index contributed by atoms with van der Waals surface area (Å²) in [6.07, 6.45) is 3.17. The summed E-state index contributed by atoms with van der Waals surface area (Å²) in [5.74, 6) is -0.288. The van der Waals surface area contributed by atoms with Crippen molar-refractivity contribution in [2.75, 3.05) is 26.2 Å². The summed E-state index contributed by atoms with van der Waals surface area (Å²) in [7, 11) is 0. The topological polar surface area (TPSA) is 78.9 Å². The Bertz CT molecular complexity index is 361. The number of carboxylic acid groups (broad SMARTS) is 1. The Morgan fingerprint density at radius 1 is 1.40 bits per heavy atom. The molecule has 6 heteroatoms. The van der Waals surface area contributed by atoms with E-state index in [9.17, 15) is 9.59 Å². The first-order chi connectivity index (χ1) is 9.60. The summed E-state index contributed by atoms with van der Waals surface area (Å²) < 4.78 is 5.60. The summed E-state index contributed by atoms with van der Waals surface area (Å²) in [5, 5.41) is 11.7. The molecule has 0 aromatic rings. The molecule has 114 valence electrons. The Labute approximate surface area is 119 Å². The van der Waals surface area contributed by atoms with E-state index in [1.54, 1.807) is 4.90 Å². The Morgan fingerprint density at radius 2 is 2.20 bits per heavy atom. The standard InChI is InChI=1S/C14H24N2O4/c1-2-12-11(4-6-20-12)8-15-14(19)16-5-3-10(9-16)7-13(17)18/h10-12H,2-9H2,1H3,(H,15,19)(H,17,18). The minimum atomic E-state index is -0.786. The first kappa shape index (κ1) is 15.1. The molecule has 0 radical (unpaired) electrons. The number of aliphatic carboxylic acids is 1. The summed E-state index contributed by atoms with van der Waals surface area (Å²) in [4.78, 5) is 24.4. The van der Waals surface area contributed by atoms with Crippen LogP contribution in [0.5, 0.6) is 0 Å². The van der Waals surface area contributed by atoms with Gasteiger partial charge in [0.15, 0.2) is 0 Å². The molecule has 2 saturated heterocycles. The number of ether oxygens (including phenoxy) is 1. The van der Waals surface area contributed by atoms with Crippen LogP contribution >= 0.6 is 0 Å². The van der Waals surface area contributed by atoms with Gasteiger partial charge in [0.05, 0.1) is 6.10 Å². The fourth-order valence-corrected chi connectivity index (χ4v) is 3.14. The van der Waals surface area contributed by atoms with Crippen LogP contribution in [-0.2, 0) is 9.53 Å². The van der Waals surface area contributed by atoms with Crippen molar-refractivity contribution in [3.63, 3.8) is 0 Å². The number of nitrogens with one attached hydrogen (secondary N) is 1. The number of amides is 2. The van der Waals surface area contributed by atoms with Crippen LogP contribution in [0.1, 0.15) is 32.6 Å². The molecule has 2 amide bonds. The molecule has 2 aliphatic rings. The molecular weight excluding hydrogens is 260 g/mol. The summed E-state index contributed by atoms with van der Waals surface area (Å²) in [5.41, 5.74) is 0. The number of carboxylic acids is 1. The average Bonchev–Trinajstić information content (AvgIpc) is 3.03. The number of nitrogens with zero attached hydrogens (tertiary/aromatic N) is 1. The van der Waals surface area contributed by atoms with Crippen LogP contribution in [-0.4, -0.2) is 54.4 Å². The molecule has 2 fully saturated rings. The maximum Gasteiger partial charge on any atom is 0.317 e. The van der Waals surface area contributed by atoms with Gasteiger partial charge in [0.25, 0.3) is 0 Å². The van der Waals surface area contributed by atoms with Gasteiger partial charge in [-0.05, 0) is 25.2 Å². The monoisotopic (exact) mass is 284 g/mol. The second-order valence-electron chi connectivity index (χ2n) is 5.75. The minimum Gasteiger partial charge on any atom is -0.481 e. The molecule has 0 bridgehead atoms. The molecule has 6 nitrogen and oxygen atoms in total. The third-order valence-corrected chi connectivity index (χ3v) is 4.30. The lowest BCUT2D eigenvalue weighted by molar-refractivity contribution is -0.138. The number of likely N-dealkylation sites (tertiary alicyclic amines) is 1. The largest absolute Gasteiger partial charge is 0.481 e. The van der Waals surface area contributed by atoms with Crippen LogP contribution in [0.4, 0.5) is 4.79 Å². The molecule has 2 heterocycles. The van der Waals surface area contributed by atoms with Gasteiger partial charge < -0.3 is 20.1 Å². The highest BCUT2D eigenvalue weighted by atomic mass is 16.5. The molecule has 0 aromatic carbocycles. The van der Waals surface area contributed by atoms with Gasteiger partial charge in [0.2, 0.25) is 0 Å².